The largest absolute Gasteiger partial charge is 0.480 e. The van der Waals surface area contributed by atoms with Gasteiger partial charge in [0.05, 0.1) is 6.61 Å². The number of halogens is 3. The lowest BCUT2D eigenvalue weighted by Gasteiger charge is -2.22. The number of carbonyl (C=O) groups excluding carboxylic acids is 2. The summed E-state index contributed by atoms with van der Waals surface area (Å²) in [5.74, 6) is -2.87. The first-order chi connectivity index (χ1) is 16.1. The quantitative estimate of drug-likeness (QED) is 0.438. The first kappa shape index (κ1) is 25.0. The van der Waals surface area contributed by atoms with Crippen molar-refractivity contribution in [2.24, 2.45) is 0 Å². The number of nitrogens with one attached hydrogen (secondary N) is 2. The fraction of sp³-hybridized carbons (Fsp3) is 0.348. The van der Waals surface area contributed by atoms with Crippen molar-refractivity contribution >= 4 is 18.0 Å². The molecule has 1 aliphatic rings. The zero-order chi connectivity index (χ0) is 24.9. The number of aliphatic hydroxyl groups is 1. The van der Waals surface area contributed by atoms with Crippen LogP contribution in [-0.2, 0) is 14.3 Å². The van der Waals surface area contributed by atoms with Gasteiger partial charge in [-0.25, -0.2) is 9.59 Å². The lowest BCUT2D eigenvalue weighted by atomic mass is 9.98. The van der Waals surface area contributed by atoms with Gasteiger partial charge in [-0.15, -0.1) is 0 Å². The van der Waals surface area contributed by atoms with Crippen molar-refractivity contribution in [3.05, 3.63) is 59.7 Å². The van der Waals surface area contributed by atoms with Gasteiger partial charge < -0.3 is 25.6 Å². The zero-order valence-electron chi connectivity index (χ0n) is 17.8. The van der Waals surface area contributed by atoms with Crippen LogP contribution >= 0.6 is 0 Å². The van der Waals surface area contributed by atoms with Crippen LogP contribution in [0.25, 0.3) is 11.1 Å². The molecule has 0 bridgehead atoms. The monoisotopic (exact) mass is 480 g/mol. The molecule has 1 aliphatic carbocycles. The second kappa shape index (κ2) is 10.6. The Kier molecular flexibility index (Phi) is 7.77. The van der Waals surface area contributed by atoms with Crippen LogP contribution in [0.15, 0.2) is 48.5 Å². The summed E-state index contributed by atoms with van der Waals surface area (Å²) < 4.78 is 45.3. The van der Waals surface area contributed by atoms with Crippen LogP contribution in [0, 0.1) is 0 Å². The van der Waals surface area contributed by atoms with Crippen molar-refractivity contribution in [2.75, 3.05) is 13.2 Å². The van der Waals surface area contributed by atoms with Crippen molar-refractivity contribution in [1.29, 1.82) is 0 Å². The number of carboxylic acid groups (broad SMARTS) is 1. The maximum Gasteiger partial charge on any atom is 0.408 e. The average Bonchev–Trinajstić information content (AvgIpc) is 3.11. The Morgan fingerprint density at radius 2 is 1.53 bits per heavy atom. The lowest BCUT2D eigenvalue weighted by Crippen LogP contribution is -2.47. The number of alkyl carbamates (subject to hydrolysis) is 1. The smallest absolute Gasteiger partial charge is 0.408 e. The van der Waals surface area contributed by atoms with Gasteiger partial charge in [0.2, 0.25) is 5.91 Å². The molecule has 0 radical (unpaired) electrons. The second-order valence-corrected chi connectivity index (χ2v) is 7.74. The molecule has 0 aromatic heterocycles. The number of carboxylic acids is 1. The summed E-state index contributed by atoms with van der Waals surface area (Å²) in [7, 11) is 0. The van der Waals surface area contributed by atoms with Crippen LogP contribution in [-0.4, -0.2) is 59.7 Å². The Bertz CT molecular complexity index is 1010. The Balaban J connectivity index is 1.60. The maximum absolute atomic E-state index is 13.4. The number of aliphatic carboxylic acids is 1. The number of carbonyl (C=O) groups is 3. The van der Waals surface area contributed by atoms with Gasteiger partial charge in [-0.1, -0.05) is 48.5 Å². The fourth-order valence-corrected chi connectivity index (χ4v) is 3.83. The number of fused-ring (bicyclic) bond motifs is 3. The first-order valence-corrected chi connectivity index (χ1v) is 10.4. The molecule has 11 heteroatoms. The van der Waals surface area contributed by atoms with E-state index in [4.69, 9.17) is 14.9 Å². The molecule has 0 spiro atoms. The molecule has 4 N–H and O–H groups in total. The van der Waals surface area contributed by atoms with Crippen LogP contribution in [0.3, 0.4) is 0 Å². The van der Waals surface area contributed by atoms with Crippen LogP contribution in [0.5, 0.6) is 0 Å². The van der Waals surface area contributed by atoms with Crippen LogP contribution in [0.1, 0.15) is 29.9 Å². The minimum Gasteiger partial charge on any atom is -0.480 e. The third-order valence-corrected chi connectivity index (χ3v) is 5.51. The Morgan fingerprint density at radius 3 is 2.03 bits per heavy atom. The Labute approximate surface area is 192 Å². The van der Waals surface area contributed by atoms with Gasteiger partial charge in [0.25, 0.3) is 0 Å². The number of hydrogen-bond acceptors (Lipinski definition) is 5. The van der Waals surface area contributed by atoms with Crippen LogP contribution in [0.2, 0.25) is 0 Å². The molecule has 2 aromatic carbocycles. The molecule has 8 nitrogen and oxygen atoms in total. The van der Waals surface area contributed by atoms with E-state index in [0.717, 1.165) is 22.3 Å². The highest BCUT2D eigenvalue weighted by Gasteiger charge is 2.41. The minimum atomic E-state index is -4.87. The normalized spacial score (nSPS) is 14.5. The molecule has 0 fully saturated rings. The van der Waals surface area contributed by atoms with Crippen molar-refractivity contribution in [2.45, 2.75) is 37.0 Å². The third kappa shape index (κ3) is 5.84. The number of amides is 2. The van der Waals surface area contributed by atoms with Crippen molar-refractivity contribution in [3.63, 3.8) is 0 Å². The molecule has 182 valence electrons. The van der Waals surface area contributed by atoms with E-state index in [9.17, 15) is 27.6 Å². The minimum absolute atomic E-state index is 0.179. The third-order valence-electron chi connectivity index (χ3n) is 5.51. The summed E-state index contributed by atoms with van der Waals surface area (Å²) in [6, 6.07) is 11.0. The summed E-state index contributed by atoms with van der Waals surface area (Å²) in [4.78, 5) is 34.8. The highest BCUT2D eigenvalue weighted by Crippen LogP contribution is 2.44. The zero-order valence-corrected chi connectivity index (χ0v) is 17.8. The summed E-state index contributed by atoms with van der Waals surface area (Å²) in [5, 5.41) is 21.3. The topological polar surface area (TPSA) is 125 Å². The van der Waals surface area contributed by atoms with Gasteiger partial charge in [0.15, 0.2) is 0 Å². The second-order valence-electron chi connectivity index (χ2n) is 7.74. The van der Waals surface area contributed by atoms with Gasteiger partial charge in [-0.3, -0.25) is 4.79 Å². The summed E-state index contributed by atoms with van der Waals surface area (Å²) >= 11 is 0. The van der Waals surface area contributed by atoms with E-state index in [1.165, 1.54) is 0 Å². The molecule has 0 unspecified atom stereocenters. The number of aliphatic hydroxyl groups excluding tert-OH is 1. The van der Waals surface area contributed by atoms with Crippen molar-refractivity contribution in [1.82, 2.24) is 10.6 Å². The number of ether oxygens (including phenoxy) is 1. The summed E-state index contributed by atoms with van der Waals surface area (Å²) in [6.07, 6.45) is -7.72. The first-order valence-electron chi connectivity index (χ1n) is 10.4. The molecule has 2 atom stereocenters. The summed E-state index contributed by atoms with van der Waals surface area (Å²) in [6.45, 7) is -1.09. The van der Waals surface area contributed by atoms with Gasteiger partial charge in [-0.2, -0.15) is 13.2 Å². The maximum atomic E-state index is 13.4. The van der Waals surface area contributed by atoms with E-state index in [0.29, 0.717) is 0 Å². The number of hydrogen-bond donors (Lipinski definition) is 4. The van der Waals surface area contributed by atoms with E-state index in [-0.39, 0.29) is 12.5 Å². The Morgan fingerprint density at radius 1 is 0.971 bits per heavy atom. The van der Waals surface area contributed by atoms with Gasteiger partial charge >= 0.3 is 18.2 Å². The molecule has 2 aromatic rings. The molecule has 0 saturated carbocycles. The summed E-state index contributed by atoms with van der Waals surface area (Å²) in [5.41, 5.74) is 3.73. The van der Waals surface area contributed by atoms with Crippen molar-refractivity contribution in [3.8, 4) is 11.1 Å². The molecule has 0 saturated heterocycles. The molecule has 0 heterocycles. The average molecular weight is 480 g/mol. The van der Waals surface area contributed by atoms with Gasteiger partial charge in [0, 0.05) is 12.3 Å². The van der Waals surface area contributed by atoms with E-state index in [2.05, 4.69) is 0 Å². The molecule has 34 heavy (non-hydrogen) atoms. The molecular formula is C23H23F3N2O6. The van der Waals surface area contributed by atoms with E-state index in [1.807, 2.05) is 53.8 Å². The predicted octanol–water partition coefficient (Wildman–Crippen LogP) is 2.80. The van der Waals surface area contributed by atoms with Crippen LogP contribution < -0.4 is 10.6 Å². The number of rotatable bonds is 9. The van der Waals surface area contributed by atoms with Crippen molar-refractivity contribution < 1.29 is 42.5 Å². The number of alkyl halides is 3. The predicted molar refractivity (Wildman–Crippen MR) is 114 cm³/mol. The number of benzene rings is 2. The standard InChI is InChI=1S/C23H23F3N2O6/c24-23(25,26)19(9-10-20(30)27-18(11-29)21(31)32)28-22(33)34-12-17-15-7-3-1-5-13(15)14-6-2-4-8-16(14)17/h1-8,17-19,29H,9-12H2,(H,27,30)(H,28,33)(H,31,32)/t18-,19-/m0/s1. The van der Waals surface area contributed by atoms with E-state index in [1.54, 1.807) is 5.32 Å². The lowest BCUT2D eigenvalue weighted by molar-refractivity contribution is -0.157. The van der Waals surface area contributed by atoms with Crippen LogP contribution in [0.4, 0.5) is 18.0 Å². The molecule has 3 rings (SSSR count). The van der Waals surface area contributed by atoms with Gasteiger partial charge in [0.1, 0.15) is 18.7 Å². The fourth-order valence-electron chi connectivity index (χ4n) is 3.83. The Hall–Kier alpha value is -3.60. The highest BCUT2D eigenvalue weighted by atomic mass is 19.4. The SMILES string of the molecule is O=C(CC[C@H](NC(=O)OCC1c2ccccc2-c2ccccc21)C(F)(F)F)N[C@@H](CO)C(=O)O. The molecule has 0 aliphatic heterocycles. The van der Waals surface area contributed by atoms with Gasteiger partial charge in [-0.05, 0) is 28.7 Å². The molecule has 2 amide bonds. The van der Waals surface area contributed by atoms with E-state index >= 15 is 0 Å². The van der Waals surface area contributed by atoms with E-state index < -0.39 is 55.7 Å². The molecular weight excluding hydrogens is 457 g/mol. The highest BCUT2D eigenvalue weighted by molar-refractivity contribution is 5.83.